The highest BCUT2D eigenvalue weighted by Crippen LogP contribution is 2.48. The molecule has 2 atom stereocenters. The Morgan fingerprint density at radius 3 is 2.57 bits per heavy atom. The summed E-state index contributed by atoms with van der Waals surface area (Å²) >= 11 is 5.39. The van der Waals surface area contributed by atoms with Crippen LogP contribution in [0.4, 0.5) is 5.69 Å². The third kappa shape index (κ3) is 4.78. The summed E-state index contributed by atoms with van der Waals surface area (Å²) in [6.45, 7) is 1.69. The molecule has 1 aliphatic carbocycles. The van der Waals surface area contributed by atoms with Crippen molar-refractivity contribution in [1.29, 1.82) is 0 Å². The molecule has 146 valence electrons. The second kappa shape index (κ2) is 8.70. The van der Waals surface area contributed by atoms with Crippen molar-refractivity contribution in [3.63, 3.8) is 0 Å². The molecule has 4 rings (SSSR count). The van der Waals surface area contributed by atoms with Crippen LogP contribution >= 0.6 is 27.7 Å². The quantitative estimate of drug-likeness (QED) is 0.725. The summed E-state index contributed by atoms with van der Waals surface area (Å²) in [5, 5.41) is 3.01. The highest BCUT2D eigenvalue weighted by atomic mass is 79.9. The van der Waals surface area contributed by atoms with Crippen molar-refractivity contribution in [2.24, 2.45) is 5.92 Å². The number of thioether (sulfide) groups is 1. The van der Waals surface area contributed by atoms with E-state index in [4.69, 9.17) is 0 Å². The van der Waals surface area contributed by atoms with Gasteiger partial charge in [-0.2, -0.15) is 11.8 Å². The van der Waals surface area contributed by atoms with E-state index < -0.39 is 0 Å². The van der Waals surface area contributed by atoms with Crippen molar-refractivity contribution in [2.75, 3.05) is 29.9 Å². The average molecular weight is 459 g/mol. The van der Waals surface area contributed by atoms with Crippen LogP contribution in [0.15, 0.2) is 53.0 Å². The van der Waals surface area contributed by atoms with Crippen LogP contribution in [0.5, 0.6) is 0 Å². The van der Waals surface area contributed by atoms with Gasteiger partial charge in [-0.15, -0.1) is 0 Å². The van der Waals surface area contributed by atoms with E-state index in [1.54, 1.807) is 0 Å². The summed E-state index contributed by atoms with van der Waals surface area (Å²) in [6, 6.07) is 15.8. The predicted molar refractivity (Wildman–Crippen MR) is 118 cm³/mol. The van der Waals surface area contributed by atoms with Crippen molar-refractivity contribution in [3.05, 3.63) is 64.1 Å². The van der Waals surface area contributed by atoms with Crippen LogP contribution in [0.3, 0.4) is 0 Å². The molecule has 28 heavy (non-hydrogen) atoms. The van der Waals surface area contributed by atoms with Crippen LogP contribution < -0.4 is 5.32 Å². The first-order chi connectivity index (χ1) is 13.6. The number of hydrogen-bond acceptors (Lipinski definition) is 3. The van der Waals surface area contributed by atoms with Gasteiger partial charge in [0.1, 0.15) is 0 Å². The highest BCUT2D eigenvalue weighted by Gasteiger charge is 2.43. The Labute approximate surface area is 178 Å². The Balaban J connectivity index is 1.30. The lowest BCUT2D eigenvalue weighted by Gasteiger charge is -2.26. The van der Waals surface area contributed by atoms with Gasteiger partial charge in [0.05, 0.1) is 6.42 Å². The molecule has 2 aliphatic rings. The molecule has 2 amide bonds. The van der Waals surface area contributed by atoms with Crippen LogP contribution in [0.2, 0.25) is 0 Å². The van der Waals surface area contributed by atoms with Gasteiger partial charge in [-0.25, -0.2) is 0 Å². The Morgan fingerprint density at radius 2 is 1.86 bits per heavy atom. The summed E-state index contributed by atoms with van der Waals surface area (Å²) in [5.74, 6) is 2.65. The maximum atomic E-state index is 12.5. The van der Waals surface area contributed by atoms with Crippen LogP contribution in [0.1, 0.15) is 23.5 Å². The SMILES string of the molecule is O=C(Nc1ccc(CC(=O)N2CCSCC2)cc1)C1CC1c1cccc(Br)c1. The topological polar surface area (TPSA) is 49.4 Å². The standard InChI is InChI=1S/C22H23BrN2O2S/c23-17-3-1-2-16(13-17)19-14-20(19)22(27)24-18-6-4-15(5-7-18)12-21(26)25-8-10-28-11-9-25/h1-7,13,19-20H,8-12,14H2,(H,24,27). The van der Waals surface area contributed by atoms with E-state index in [9.17, 15) is 9.59 Å². The minimum absolute atomic E-state index is 0.0347. The number of benzene rings is 2. The van der Waals surface area contributed by atoms with Gasteiger partial charge in [0.2, 0.25) is 11.8 Å². The third-order valence-electron chi connectivity index (χ3n) is 5.34. The number of amides is 2. The molecule has 2 aromatic carbocycles. The van der Waals surface area contributed by atoms with Gasteiger partial charge in [-0.1, -0.05) is 40.2 Å². The number of nitrogens with zero attached hydrogens (tertiary/aromatic N) is 1. The van der Waals surface area contributed by atoms with E-state index in [0.717, 1.165) is 46.7 Å². The molecular formula is C22H23BrN2O2S. The molecule has 1 aliphatic heterocycles. The van der Waals surface area contributed by atoms with Crippen LogP contribution in [0.25, 0.3) is 0 Å². The maximum absolute atomic E-state index is 12.5. The second-order valence-electron chi connectivity index (χ2n) is 7.36. The van der Waals surface area contributed by atoms with Gasteiger partial charge in [-0.05, 0) is 47.7 Å². The molecule has 1 N–H and O–H groups in total. The second-order valence-corrected chi connectivity index (χ2v) is 9.50. The number of carbonyl (C=O) groups is 2. The van der Waals surface area contributed by atoms with Crippen molar-refractivity contribution < 1.29 is 9.59 Å². The molecule has 0 bridgehead atoms. The minimum Gasteiger partial charge on any atom is -0.341 e. The molecule has 0 radical (unpaired) electrons. The predicted octanol–water partition coefficient (Wildman–Crippen LogP) is 4.31. The molecule has 6 heteroatoms. The van der Waals surface area contributed by atoms with Gasteiger partial charge in [0.15, 0.2) is 0 Å². The fourth-order valence-electron chi connectivity index (χ4n) is 3.63. The third-order valence-corrected chi connectivity index (χ3v) is 6.78. The van der Waals surface area contributed by atoms with E-state index in [1.807, 2.05) is 53.1 Å². The zero-order chi connectivity index (χ0) is 19.5. The first-order valence-electron chi connectivity index (χ1n) is 9.61. The van der Waals surface area contributed by atoms with E-state index in [0.29, 0.717) is 12.3 Å². The smallest absolute Gasteiger partial charge is 0.228 e. The lowest BCUT2D eigenvalue weighted by Crippen LogP contribution is -2.38. The Morgan fingerprint density at radius 1 is 1.11 bits per heavy atom. The number of hydrogen-bond donors (Lipinski definition) is 1. The average Bonchev–Trinajstić information content (AvgIpc) is 3.51. The first-order valence-corrected chi connectivity index (χ1v) is 11.6. The number of halogens is 1. The summed E-state index contributed by atoms with van der Waals surface area (Å²) < 4.78 is 1.05. The molecule has 0 aromatic heterocycles. The minimum atomic E-state index is 0.0347. The molecule has 0 spiro atoms. The Bertz CT molecular complexity index is 865. The molecule has 1 saturated heterocycles. The van der Waals surface area contributed by atoms with Crippen LogP contribution in [-0.4, -0.2) is 41.3 Å². The van der Waals surface area contributed by atoms with Gasteiger partial charge in [0, 0.05) is 40.7 Å². The van der Waals surface area contributed by atoms with E-state index >= 15 is 0 Å². The summed E-state index contributed by atoms with van der Waals surface area (Å²) in [4.78, 5) is 26.8. The van der Waals surface area contributed by atoms with Gasteiger partial charge < -0.3 is 10.2 Å². The number of carbonyl (C=O) groups excluding carboxylic acids is 2. The van der Waals surface area contributed by atoms with E-state index in [1.165, 1.54) is 5.56 Å². The summed E-state index contributed by atoms with van der Waals surface area (Å²) in [7, 11) is 0. The van der Waals surface area contributed by atoms with Crippen molar-refractivity contribution >= 4 is 45.2 Å². The van der Waals surface area contributed by atoms with Crippen molar-refractivity contribution in [3.8, 4) is 0 Å². The van der Waals surface area contributed by atoms with Gasteiger partial charge >= 0.3 is 0 Å². The summed E-state index contributed by atoms with van der Waals surface area (Å²) in [6.07, 6.45) is 1.31. The normalized spacial score (nSPS) is 21.2. The molecule has 4 nitrogen and oxygen atoms in total. The maximum Gasteiger partial charge on any atom is 0.228 e. The van der Waals surface area contributed by atoms with Gasteiger partial charge in [0.25, 0.3) is 0 Å². The lowest BCUT2D eigenvalue weighted by atomic mass is 10.1. The van der Waals surface area contributed by atoms with Crippen molar-refractivity contribution in [2.45, 2.75) is 18.8 Å². The first kappa shape index (κ1) is 19.5. The molecular weight excluding hydrogens is 436 g/mol. The van der Waals surface area contributed by atoms with Gasteiger partial charge in [-0.3, -0.25) is 9.59 Å². The lowest BCUT2D eigenvalue weighted by molar-refractivity contribution is -0.130. The van der Waals surface area contributed by atoms with E-state index in [-0.39, 0.29) is 17.7 Å². The fourth-order valence-corrected chi connectivity index (χ4v) is 4.95. The Hall–Kier alpha value is -1.79. The monoisotopic (exact) mass is 458 g/mol. The largest absolute Gasteiger partial charge is 0.341 e. The van der Waals surface area contributed by atoms with E-state index in [2.05, 4.69) is 33.4 Å². The number of nitrogens with one attached hydrogen (secondary N) is 1. The molecule has 2 fully saturated rings. The van der Waals surface area contributed by atoms with Crippen LogP contribution in [0, 0.1) is 5.92 Å². The van der Waals surface area contributed by atoms with Crippen molar-refractivity contribution in [1.82, 2.24) is 4.90 Å². The zero-order valence-corrected chi connectivity index (χ0v) is 18.0. The Kier molecular flexibility index (Phi) is 6.07. The molecule has 1 heterocycles. The molecule has 2 aromatic rings. The highest BCUT2D eigenvalue weighted by molar-refractivity contribution is 9.10. The zero-order valence-electron chi connectivity index (χ0n) is 15.6. The summed E-state index contributed by atoms with van der Waals surface area (Å²) in [5.41, 5.74) is 2.98. The molecule has 1 saturated carbocycles. The van der Waals surface area contributed by atoms with Crippen LogP contribution in [-0.2, 0) is 16.0 Å². The fraction of sp³-hybridized carbons (Fsp3) is 0.364. The molecule has 2 unspecified atom stereocenters. The number of anilines is 1. The number of rotatable bonds is 5.